The third kappa shape index (κ3) is 9.32. The first kappa shape index (κ1) is 46.7. The number of fused-ring (bicyclic) bond motifs is 5. The minimum atomic E-state index is -1.42. The van der Waals surface area contributed by atoms with E-state index < -0.39 is 89.6 Å². The van der Waals surface area contributed by atoms with Gasteiger partial charge < -0.3 is 49.0 Å². The van der Waals surface area contributed by atoms with Crippen molar-refractivity contribution >= 4 is 29.2 Å². The fraction of sp³-hybridized carbons (Fsp3) is 0.696. The average Bonchev–Trinajstić information content (AvgIpc) is 3.52. The second kappa shape index (κ2) is 18.7. The molecule has 0 spiro atoms. The molecule has 6 bridgehead atoms. The molecule has 5 aliphatic rings. The van der Waals surface area contributed by atoms with Gasteiger partial charge >= 0.3 is 12.1 Å². The van der Waals surface area contributed by atoms with Crippen molar-refractivity contribution in [2.45, 2.75) is 141 Å². The highest BCUT2D eigenvalue weighted by molar-refractivity contribution is 5.92. The maximum Gasteiger partial charge on any atom is 0.411 e. The monoisotopic (exact) mass is 878 g/mol. The van der Waals surface area contributed by atoms with Crippen LogP contribution in [-0.4, -0.2) is 142 Å². The summed E-state index contributed by atoms with van der Waals surface area (Å²) in [7, 11) is 3.82. The quantitative estimate of drug-likeness (QED) is 0.274. The van der Waals surface area contributed by atoms with Crippen LogP contribution in [0.5, 0.6) is 0 Å². The maximum absolute atomic E-state index is 14.9. The molecular weight excluding hydrogens is 813 g/mol. The van der Waals surface area contributed by atoms with Crippen LogP contribution >= 0.6 is 0 Å². The predicted octanol–water partition coefficient (Wildman–Crippen LogP) is 4.63. The maximum atomic E-state index is 14.9. The first-order valence-electron chi connectivity index (χ1n) is 22.4. The molecule has 5 saturated heterocycles. The van der Waals surface area contributed by atoms with Crippen molar-refractivity contribution in [3.63, 3.8) is 0 Å². The van der Waals surface area contributed by atoms with Crippen molar-refractivity contribution in [1.29, 1.82) is 0 Å². The van der Waals surface area contributed by atoms with Gasteiger partial charge in [-0.05, 0) is 85.3 Å². The third-order valence-electron chi connectivity index (χ3n) is 14.0. The van der Waals surface area contributed by atoms with Gasteiger partial charge in [0, 0.05) is 41.6 Å². The minimum absolute atomic E-state index is 0.00925. The second-order valence-corrected chi connectivity index (χ2v) is 19.0. The van der Waals surface area contributed by atoms with E-state index in [2.05, 4.69) is 4.98 Å². The number of cyclic esters (lactones) is 1. The lowest BCUT2D eigenvalue weighted by Gasteiger charge is -2.48. The van der Waals surface area contributed by atoms with E-state index in [0.29, 0.717) is 41.3 Å². The Labute approximate surface area is 370 Å². The first-order chi connectivity index (χ1) is 29.8. The minimum Gasteiger partial charge on any atom is -0.458 e. The van der Waals surface area contributed by atoms with Gasteiger partial charge in [0.1, 0.15) is 18.0 Å². The average molecular weight is 879 g/mol. The topological polar surface area (TPSA) is 207 Å². The normalized spacial score (nSPS) is 39.6. The number of aromatic nitrogens is 2. The molecule has 63 heavy (non-hydrogen) atoms. The molecular formula is C46H66N6O11. The molecule has 2 aromatic rings. The molecule has 346 valence electrons. The lowest BCUT2D eigenvalue weighted by Crippen LogP contribution is -2.61. The van der Waals surface area contributed by atoms with Gasteiger partial charge in [-0.25, -0.2) is 9.78 Å². The lowest BCUT2D eigenvalue weighted by atomic mass is 9.73. The van der Waals surface area contributed by atoms with Gasteiger partial charge in [0.2, 0.25) is 0 Å². The number of nitrogens with zero attached hydrogens (tertiary/aromatic N) is 5. The van der Waals surface area contributed by atoms with Crippen LogP contribution in [0.3, 0.4) is 0 Å². The Morgan fingerprint density at radius 3 is 2.52 bits per heavy atom. The summed E-state index contributed by atoms with van der Waals surface area (Å²) in [5, 5.41) is 16.5. The fourth-order valence-corrected chi connectivity index (χ4v) is 10.7. The van der Waals surface area contributed by atoms with E-state index in [1.165, 1.54) is 4.90 Å². The van der Waals surface area contributed by atoms with Crippen LogP contribution in [0.2, 0.25) is 0 Å². The standard InChI is InChI=1S/C46H66N6O11/c1-11-36-46(8)40-26(4)37(53)24(2)19-45(7)41(62-43-38(54)35(51(9)10)17-25(3)60-43)27(5)39(28(6)42(55)61-36)57-21-29(22-58-45)34(20-52(40)44(56)63-46)50-59-23-31-13-12-14-32(49-31)33-18-30(47)15-16-48-33/h12-16,18,24-29,35-36,38-41,43,54H,11,17,19-23H2,1-10H3,(H2,47,48)/b50-34-/t24-,25-,26+,27+,28-,29?,35+,36-,38-,39+,40+,41-,43+,45?,46?/m1/s1. The molecule has 1 amide bonds. The number of oxime groups is 1. The van der Waals surface area contributed by atoms with Gasteiger partial charge in [0.05, 0.1) is 78.4 Å². The molecule has 7 rings (SSSR count). The number of amides is 1. The van der Waals surface area contributed by atoms with Crippen LogP contribution < -0.4 is 5.73 Å². The number of aliphatic hydroxyl groups excluding tert-OH is 1. The Morgan fingerprint density at radius 2 is 1.81 bits per heavy atom. The summed E-state index contributed by atoms with van der Waals surface area (Å²) in [5.41, 5.74) is 6.12. The number of hydrogen-bond acceptors (Lipinski definition) is 16. The van der Waals surface area contributed by atoms with Crippen molar-refractivity contribution in [3.8, 4) is 11.4 Å². The van der Waals surface area contributed by atoms with E-state index in [1.807, 2.05) is 71.8 Å². The highest BCUT2D eigenvalue weighted by atomic mass is 16.7. The Kier molecular flexibility index (Phi) is 13.9. The summed E-state index contributed by atoms with van der Waals surface area (Å²) in [6, 6.07) is 7.80. The van der Waals surface area contributed by atoms with E-state index in [1.54, 1.807) is 39.1 Å². The molecule has 0 radical (unpaired) electrons. The molecule has 0 saturated carbocycles. The van der Waals surface area contributed by atoms with Crippen LogP contribution in [-0.2, 0) is 49.5 Å². The summed E-state index contributed by atoms with van der Waals surface area (Å²) in [5.74, 6) is -4.14. The second-order valence-electron chi connectivity index (χ2n) is 19.0. The zero-order valence-corrected chi connectivity index (χ0v) is 38.3. The molecule has 17 nitrogen and oxygen atoms in total. The third-order valence-corrected chi connectivity index (χ3v) is 14.0. The van der Waals surface area contributed by atoms with Crippen LogP contribution in [0.4, 0.5) is 10.5 Å². The molecule has 5 aliphatic heterocycles. The molecule has 5 fully saturated rings. The van der Waals surface area contributed by atoms with Crippen molar-refractivity contribution in [3.05, 3.63) is 42.2 Å². The highest BCUT2D eigenvalue weighted by Gasteiger charge is 2.61. The van der Waals surface area contributed by atoms with E-state index in [9.17, 15) is 19.5 Å². The molecule has 15 atom stereocenters. The number of esters is 1. The first-order valence-corrected chi connectivity index (χ1v) is 22.4. The number of ether oxygens (including phenoxy) is 6. The summed E-state index contributed by atoms with van der Waals surface area (Å²) in [6.07, 6.45) is -2.90. The Hall–Kier alpha value is -4.26. The number of aliphatic hydroxyl groups is 1. The SMILES string of the molecule is CC[C@H]1OC(=O)[C@H](C)[C@H]2OCC3COC(C)(C[C@@H](C)C(=O)[C@H](C)[C@@H]4N(C/C3=N/OCc3cccc(-c5cc(N)ccn5)n3)C(=O)OC41C)[C@H](O[C@@H]1O[C@H](C)C[C@H](N(C)C)[C@H]1O)[C@H]2C. The number of Topliss-reactive ketones (excluding diaryl/α,β-unsaturated/α-hetero) is 1. The van der Waals surface area contributed by atoms with Gasteiger partial charge in [0.25, 0.3) is 0 Å². The zero-order valence-electron chi connectivity index (χ0n) is 38.3. The molecule has 3 unspecified atom stereocenters. The smallest absolute Gasteiger partial charge is 0.411 e. The van der Waals surface area contributed by atoms with Gasteiger partial charge in [-0.2, -0.15) is 0 Å². The number of carbonyl (C=O) groups is 3. The van der Waals surface area contributed by atoms with Gasteiger partial charge in [-0.15, -0.1) is 0 Å². The largest absolute Gasteiger partial charge is 0.458 e. The van der Waals surface area contributed by atoms with Crippen LogP contribution in [0.25, 0.3) is 11.4 Å². The number of likely N-dealkylation sites (N-methyl/N-ethyl adjacent to an activating group) is 1. The van der Waals surface area contributed by atoms with Crippen molar-refractivity contribution < 1.29 is 52.7 Å². The molecule has 0 aliphatic carbocycles. The Morgan fingerprint density at radius 1 is 1.05 bits per heavy atom. The van der Waals surface area contributed by atoms with Crippen molar-refractivity contribution in [2.24, 2.45) is 34.7 Å². The van der Waals surface area contributed by atoms with Crippen LogP contribution in [0.15, 0.2) is 41.7 Å². The van der Waals surface area contributed by atoms with Crippen molar-refractivity contribution in [1.82, 2.24) is 19.8 Å². The number of nitrogens with two attached hydrogens (primary N) is 1. The molecule has 0 aromatic carbocycles. The summed E-state index contributed by atoms with van der Waals surface area (Å²) in [6.45, 7) is 14.7. The van der Waals surface area contributed by atoms with Crippen LogP contribution in [0.1, 0.15) is 80.3 Å². The van der Waals surface area contributed by atoms with Gasteiger partial charge in [0.15, 0.2) is 18.5 Å². The van der Waals surface area contributed by atoms with E-state index in [0.717, 1.165) is 0 Å². The number of ketones is 1. The Bertz CT molecular complexity index is 2020. The van der Waals surface area contributed by atoms with Gasteiger partial charge in [-0.1, -0.05) is 38.9 Å². The number of nitrogen functional groups attached to an aromatic ring is 1. The van der Waals surface area contributed by atoms with E-state index >= 15 is 0 Å². The molecule has 2 aromatic heterocycles. The van der Waals surface area contributed by atoms with Gasteiger partial charge in [-0.3, -0.25) is 19.5 Å². The number of carbonyl (C=O) groups excluding carboxylic acids is 3. The highest BCUT2D eigenvalue weighted by Crippen LogP contribution is 2.45. The van der Waals surface area contributed by atoms with Crippen molar-refractivity contribution in [2.75, 3.05) is 39.6 Å². The zero-order chi connectivity index (χ0) is 45.5. The summed E-state index contributed by atoms with van der Waals surface area (Å²) >= 11 is 0. The Balaban J connectivity index is 1.35. The molecule has 3 N–H and O–H groups in total. The van der Waals surface area contributed by atoms with E-state index in [4.69, 9.17) is 49.1 Å². The number of pyridine rings is 2. The predicted molar refractivity (Wildman–Crippen MR) is 231 cm³/mol. The summed E-state index contributed by atoms with van der Waals surface area (Å²) in [4.78, 5) is 62.4. The van der Waals surface area contributed by atoms with E-state index in [-0.39, 0.29) is 50.7 Å². The molecule has 17 heteroatoms. The summed E-state index contributed by atoms with van der Waals surface area (Å²) < 4.78 is 39.9. The lowest BCUT2D eigenvalue weighted by molar-refractivity contribution is -0.302. The number of hydrogen-bond donors (Lipinski definition) is 2. The fourth-order valence-electron chi connectivity index (χ4n) is 10.7. The number of anilines is 1. The molecule has 7 heterocycles. The number of rotatable bonds is 8. The van der Waals surface area contributed by atoms with Crippen LogP contribution in [0, 0.1) is 29.6 Å².